The number of rotatable bonds is 8. The van der Waals surface area contributed by atoms with Gasteiger partial charge in [0.1, 0.15) is 5.69 Å². The highest BCUT2D eigenvalue weighted by Crippen LogP contribution is 2.32. The molecule has 1 aliphatic rings. The van der Waals surface area contributed by atoms with Crippen molar-refractivity contribution in [2.45, 2.75) is 57.5 Å². The summed E-state index contributed by atoms with van der Waals surface area (Å²) in [7, 11) is 0. The van der Waals surface area contributed by atoms with E-state index in [1.165, 1.54) is 0 Å². The zero-order chi connectivity index (χ0) is 29.7. The Kier molecular flexibility index (Phi) is 9.96. The Balaban J connectivity index is 0.000000493. The highest BCUT2D eigenvalue weighted by Gasteiger charge is 2.38. The van der Waals surface area contributed by atoms with Crippen molar-refractivity contribution >= 4 is 51.1 Å². The number of carbonyl (C=O) groups is 1. The molecule has 2 aromatic carbocycles. The van der Waals surface area contributed by atoms with Gasteiger partial charge in [-0.15, -0.1) is 0 Å². The lowest BCUT2D eigenvalue weighted by molar-refractivity contribution is -0.192. The van der Waals surface area contributed by atoms with E-state index >= 15 is 0 Å². The molecule has 0 radical (unpaired) electrons. The van der Waals surface area contributed by atoms with Crippen LogP contribution in [0.15, 0.2) is 47.4 Å². The monoisotopic (exact) mass is 612 g/mol. The fourth-order valence-electron chi connectivity index (χ4n) is 4.82. The summed E-state index contributed by atoms with van der Waals surface area (Å²) in [5.41, 5.74) is 9.19. The summed E-state index contributed by atoms with van der Waals surface area (Å²) in [4.78, 5) is 27.5. The predicted molar refractivity (Wildman–Crippen MR) is 153 cm³/mol. The van der Waals surface area contributed by atoms with Crippen LogP contribution >= 0.6 is 23.2 Å². The van der Waals surface area contributed by atoms with Crippen LogP contribution in [0.4, 0.5) is 13.2 Å². The minimum atomic E-state index is -5.08. The van der Waals surface area contributed by atoms with E-state index in [0.717, 1.165) is 61.7 Å². The molecule has 5 rings (SSSR count). The Morgan fingerprint density at radius 1 is 1.12 bits per heavy atom. The van der Waals surface area contributed by atoms with Gasteiger partial charge in [-0.05, 0) is 50.4 Å². The van der Waals surface area contributed by atoms with Crippen molar-refractivity contribution < 1.29 is 27.8 Å². The van der Waals surface area contributed by atoms with Gasteiger partial charge in [0.05, 0.1) is 27.2 Å². The Morgan fingerprint density at radius 3 is 2.49 bits per heavy atom. The topological polar surface area (TPSA) is 112 Å². The number of para-hydroxylation sites is 1. The second-order valence-corrected chi connectivity index (χ2v) is 10.5. The Bertz CT molecular complexity index is 1600. The number of aryl methyl sites for hydroxylation is 1. The fraction of sp³-hybridized carbons (Fsp3) is 0.393. The average molecular weight is 613 g/mol. The molecular weight excluding hydrogens is 584 g/mol. The van der Waals surface area contributed by atoms with Crippen LogP contribution in [0, 0.1) is 0 Å². The molecule has 0 amide bonds. The van der Waals surface area contributed by atoms with E-state index in [1.54, 1.807) is 16.7 Å². The first-order valence-corrected chi connectivity index (χ1v) is 13.9. The van der Waals surface area contributed by atoms with E-state index in [-0.39, 0.29) is 11.7 Å². The molecule has 0 spiro atoms. The van der Waals surface area contributed by atoms with Crippen molar-refractivity contribution in [1.29, 1.82) is 0 Å². The van der Waals surface area contributed by atoms with Crippen molar-refractivity contribution in [3.8, 4) is 11.3 Å². The maximum Gasteiger partial charge on any atom is 0.490 e. The molecule has 1 unspecified atom stereocenters. The van der Waals surface area contributed by atoms with Gasteiger partial charge in [-0.25, -0.2) is 9.78 Å². The number of nitrogens with two attached hydrogens (primary N) is 1. The lowest BCUT2D eigenvalue weighted by Gasteiger charge is -2.13. The van der Waals surface area contributed by atoms with E-state index < -0.39 is 12.1 Å². The maximum absolute atomic E-state index is 13.8. The number of unbranched alkanes of at least 4 members (excludes halogenated alkanes) is 2. The summed E-state index contributed by atoms with van der Waals surface area (Å²) in [6.07, 6.45) is 1.99. The van der Waals surface area contributed by atoms with Gasteiger partial charge in [-0.2, -0.15) is 13.2 Å². The Morgan fingerprint density at radius 2 is 1.83 bits per heavy atom. The van der Waals surface area contributed by atoms with E-state index in [0.29, 0.717) is 39.9 Å². The number of benzene rings is 2. The molecule has 1 fully saturated rings. The number of halogens is 5. The molecule has 3 N–H and O–H groups in total. The first-order valence-electron chi connectivity index (χ1n) is 13.1. The zero-order valence-corrected chi connectivity index (χ0v) is 23.5. The van der Waals surface area contributed by atoms with Crippen molar-refractivity contribution in [1.82, 2.24) is 14.1 Å². The van der Waals surface area contributed by atoms with Crippen molar-refractivity contribution in [3.63, 3.8) is 0 Å². The standard InChI is InChI=1S/C26H28Cl2N4O2.C2HF3O2/c27-20-13-22-24(14-21(20)28)32(11-5-1-4-10-29)26(33)25(30-22)19-16-31(15-17-7-6-12-34-17)23-9-3-2-8-18(19)23;3-2(4,5)1(6)7/h2-3,8-9,13-14,16-17H,1,4-7,10-12,15,29H2;(H,6,7). The van der Waals surface area contributed by atoms with Crippen molar-refractivity contribution in [2.75, 3.05) is 13.2 Å². The molecule has 2 aromatic heterocycles. The molecule has 1 atom stereocenters. The van der Waals surface area contributed by atoms with Crippen LogP contribution in [0.1, 0.15) is 32.1 Å². The highest BCUT2D eigenvalue weighted by atomic mass is 35.5. The second kappa shape index (κ2) is 13.2. The van der Waals surface area contributed by atoms with Gasteiger partial charge in [-0.3, -0.25) is 4.79 Å². The number of nitrogens with zero attached hydrogens (tertiary/aromatic N) is 3. The smallest absolute Gasteiger partial charge is 0.475 e. The molecular formula is C28H29Cl2F3N4O4. The van der Waals surface area contributed by atoms with Crippen molar-refractivity contribution in [2.24, 2.45) is 5.73 Å². The summed E-state index contributed by atoms with van der Waals surface area (Å²) < 4.78 is 41.6. The summed E-state index contributed by atoms with van der Waals surface area (Å²) in [6, 6.07) is 11.6. The normalized spacial score (nSPS) is 15.3. The van der Waals surface area contributed by atoms with Crippen LogP contribution in [0.2, 0.25) is 10.0 Å². The third-order valence-electron chi connectivity index (χ3n) is 6.78. The lowest BCUT2D eigenvalue weighted by atomic mass is 10.1. The molecule has 220 valence electrons. The quantitative estimate of drug-likeness (QED) is 0.227. The van der Waals surface area contributed by atoms with Gasteiger partial charge in [0.15, 0.2) is 0 Å². The van der Waals surface area contributed by atoms with Gasteiger partial charge < -0.3 is 24.7 Å². The molecule has 8 nitrogen and oxygen atoms in total. The summed E-state index contributed by atoms with van der Waals surface area (Å²) in [5, 5.41) is 8.95. The van der Waals surface area contributed by atoms with Crippen LogP contribution in [-0.4, -0.2) is 50.6 Å². The number of aromatic nitrogens is 3. The molecule has 1 aliphatic heterocycles. The zero-order valence-electron chi connectivity index (χ0n) is 22.0. The van der Waals surface area contributed by atoms with Gasteiger partial charge in [0.2, 0.25) is 0 Å². The van der Waals surface area contributed by atoms with Crippen LogP contribution < -0.4 is 11.3 Å². The number of carboxylic acid groups (broad SMARTS) is 1. The third kappa shape index (κ3) is 7.21. The molecule has 41 heavy (non-hydrogen) atoms. The number of alkyl halides is 3. The number of aliphatic carboxylic acids is 1. The van der Waals surface area contributed by atoms with Crippen LogP contribution in [0.5, 0.6) is 0 Å². The van der Waals surface area contributed by atoms with Crippen LogP contribution in [0.3, 0.4) is 0 Å². The first-order chi connectivity index (χ1) is 19.5. The van der Waals surface area contributed by atoms with Gasteiger partial charge in [0.25, 0.3) is 5.56 Å². The largest absolute Gasteiger partial charge is 0.490 e. The number of hydrogen-bond acceptors (Lipinski definition) is 5. The first kappa shape index (κ1) is 30.8. The second-order valence-electron chi connectivity index (χ2n) is 9.67. The minimum Gasteiger partial charge on any atom is -0.475 e. The number of carboxylic acids is 1. The predicted octanol–water partition coefficient (Wildman–Crippen LogP) is 6.27. The SMILES string of the molecule is NCCCCCn1c(=O)c(-c2cn(CC3CCCO3)c3ccccc23)nc2cc(Cl)c(Cl)cc21.O=C(O)C(F)(F)F. The van der Waals surface area contributed by atoms with Crippen LogP contribution in [-0.2, 0) is 22.6 Å². The van der Waals surface area contributed by atoms with Gasteiger partial charge in [0, 0.05) is 42.4 Å². The third-order valence-corrected chi connectivity index (χ3v) is 7.51. The minimum absolute atomic E-state index is 0.126. The van der Waals surface area contributed by atoms with E-state index in [2.05, 4.69) is 10.6 Å². The number of ether oxygens (including phenoxy) is 1. The summed E-state index contributed by atoms with van der Waals surface area (Å²) in [5.74, 6) is -2.76. The van der Waals surface area contributed by atoms with E-state index in [4.69, 9.17) is 48.6 Å². The molecule has 0 bridgehead atoms. The maximum atomic E-state index is 13.8. The molecule has 3 heterocycles. The lowest BCUT2D eigenvalue weighted by Crippen LogP contribution is -2.24. The molecule has 4 aromatic rings. The average Bonchev–Trinajstić information content (AvgIpc) is 3.57. The Hall–Kier alpha value is -3.12. The molecule has 0 aliphatic carbocycles. The summed E-state index contributed by atoms with van der Waals surface area (Å²) >= 11 is 12.6. The number of hydrogen-bond donors (Lipinski definition) is 2. The van der Waals surface area contributed by atoms with Gasteiger partial charge in [-0.1, -0.05) is 47.8 Å². The molecule has 13 heteroatoms. The number of fused-ring (bicyclic) bond motifs is 2. The van der Waals surface area contributed by atoms with Crippen LogP contribution in [0.25, 0.3) is 33.2 Å². The molecule has 1 saturated heterocycles. The van der Waals surface area contributed by atoms with E-state index in [9.17, 15) is 18.0 Å². The van der Waals surface area contributed by atoms with Gasteiger partial charge >= 0.3 is 12.1 Å². The van der Waals surface area contributed by atoms with E-state index in [1.807, 2.05) is 24.4 Å². The highest BCUT2D eigenvalue weighted by molar-refractivity contribution is 6.42. The summed E-state index contributed by atoms with van der Waals surface area (Å²) in [6.45, 7) is 2.77. The molecule has 0 saturated carbocycles. The Labute approximate surface area is 243 Å². The fourth-order valence-corrected chi connectivity index (χ4v) is 5.14. The van der Waals surface area contributed by atoms with Crippen molar-refractivity contribution in [3.05, 3.63) is 63.0 Å².